The third-order valence-electron chi connectivity index (χ3n) is 6.01. The Balaban J connectivity index is 1.76. The van der Waals surface area contributed by atoms with Crippen molar-refractivity contribution < 1.29 is 8.78 Å². The van der Waals surface area contributed by atoms with Crippen molar-refractivity contribution in [1.29, 1.82) is 0 Å². The predicted octanol–water partition coefficient (Wildman–Crippen LogP) is 3.95. The van der Waals surface area contributed by atoms with E-state index < -0.39 is 12.0 Å². The molecule has 1 aliphatic rings. The summed E-state index contributed by atoms with van der Waals surface area (Å²) in [6.07, 6.45) is 0.540. The summed E-state index contributed by atoms with van der Waals surface area (Å²) in [7, 11) is 1.63. The van der Waals surface area contributed by atoms with Gasteiger partial charge in [0.25, 0.3) is 5.56 Å². The highest BCUT2D eigenvalue weighted by atomic mass is 35.5. The number of hydrogen-bond acceptors (Lipinski definition) is 5. The topological polar surface area (TPSA) is 97.2 Å². The summed E-state index contributed by atoms with van der Waals surface area (Å²) < 4.78 is 30.5. The quantitative estimate of drug-likeness (QED) is 0.430. The zero-order valence-electron chi connectivity index (χ0n) is 17.9. The molecule has 0 atom stereocenters. The first-order valence-electron chi connectivity index (χ1n) is 10.4. The van der Waals surface area contributed by atoms with Crippen molar-refractivity contribution in [3.05, 3.63) is 68.8 Å². The first-order valence-corrected chi connectivity index (χ1v) is 10.7. The van der Waals surface area contributed by atoms with Gasteiger partial charge >= 0.3 is 0 Å². The summed E-state index contributed by atoms with van der Waals surface area (Å²) in [4.78, 5) is 17.5. The first kappa shape index (κ1) is 22.0. The Morgan fingerprint density at radius 1 is 1.32 bits per heavy atom. The number of H-pyrrole nitrogens is 1. The molecule has 172 valence electrons. The maximum Gasteiger partial charge on any atom is 0.272 e. The Kier molecular flexibility index (Phi) is 5.31. The molecule has 0 unspecified atom stereocenters. The number of aromatic amines is 1. The number of nitrogens with two attached hydrogens (primary N) is 1. The Morgan fingerprint density at radius 3 is 2.76 bits per heavy atom. The summed E-state index contributed by atoms with van der Waals surface area (Å²) in [5.41, 5.74) is 7.81. The van der Waals surface area contributed by atoms with Crippen LogP contribution in [0.25, 0.3) is 38.0 Å². The van der Waals surface area contributed by atoms with Gasteiger partial charge in [0.05, 0.1) is 34.6 Å². The zero-order valence-corrected chi connectivity index (χ0v) is 18.7. The highest BCUT2D eigenvalue weighted by Crippen LogP contribution is 2.47. The van der Waals surface area contributed by atoms with Crippen LogP contribution in [0.3, 0.4) is 0 Å². The number of aromatic nitrogens is 4. The van der Waals surface area contributed by atoms with Crippen molar-refractivity contribution in [2.24, 2.45) is 12.8 Å². The molecule has 0 saturated carbocycles. The van der Waals surface area contributed by atoms with Crippen LogP contribution in [0.4, 0.5) is 20.2 Å². The molecular formula is C23H18ClF2N7O. The van der Waals surface area contributed by atoms with Crippen molar-refractivity contribution in [3.63, 3.8) is 0 Å². The molecule has 0 spiro atoms. The number of aryl methyl sites for hydroxylation is 1. The molecule has 8 nitrogen and oxygen atoms in total. The van der Waals surface area contributed by atoms with Gasteiger partial charge in [0.15, 0.2) is 0 Å². The number of hydrogen-bond donors (Lipinski definition) is 2. The Labute approximate surface area is 197 Å². The number of fused-ring (bicyclic) bond motifs is 1. The average Bonchev–Trinajstić information content (AvgIpc) is 3.19. The van der Waals surface area contributed by atoms with E-state index in [1.54, 1.807) is 36.3 Å². The second-order valence-electron chi connectivity index (χ2n) is 8.02. The smallest absolute Gasteiger partial charge is 0.272 e. The van der Waals surface area contributed by atoms with Gasteiger partial charge in [-0.15, -0.1) is 0 Å². The average molecular weight is 482 g/mol. The van der Waals surface area contributed by atoms with Crippen molar-refractivity contribution in [1.82, 2.24) is 20.0 Å². The minimum absolute atomic E-state index is 0.0158. The van der Waals surface area contributed by atoms with E-state index in [0.29, 0.717) is 39.0 Å². The second-order valence-corrected chi connectivity index (χ2v) is 8.43. The fourth-order valence-corrected chi connectivity index (χ4v) is 4.48. The third kappa shape index (κ3) is 3.32. The van der Waals surface area contributed by atoms with Crippen LogP contribution in [0.5, 0.6) is 0 Å². The third-order valence-corrected chi connectivity index (χ3v) is 6.28. The van der Waals surface area contributed by atoms with E-state index in [1.165, 1.54) is 10.7 Å². The van der Waals surface area contributed by atoms with E-state index in [0.717, 1.165) is 0 Å². The van der Waals surface area contributed by atoms with Crippen LogP contribution in [-0.2, 0) is 13.6 Å². The molecule has 2 aromatic heterocycles. The van der Waals surface area contributed by atoms with Crippen LogP contribution >= 0.6 is 11.6 Å². The molecule has 0 amide bonds. The lowest BCUT2D eigenvalue weighted by Crippen LogP contribution is -2.48. The molecule has 0 aliphatic carbocycles. The minimum atomic E-state index is -1.01. The molecule has 4 aromatic rings. The maximum atomic E-state index is 15.5. The second kappa shape index (κ2) is 8.20. The highest BCUT2D eigenvalue weighted by molar-refractivity contribution is 6.31. The van der Waals surface area contributed by atoms with Gasteiger partial charge in [0, 0.05) is 48.9 Å². The summed E-state index contributed by atoms with van der Waals surface area (Å²) in [5.74, 6) is -0.764. The van der Waals surface area contributed by atoms with Gasteiger partial charge in [0.2, 0.25) is 5.69 Å². The van der Waals surface area contributed by atoms with Gasteiger partial charge in [-0.25, -0.2) is 18.7 Å². The molecule has 1 saturated heterocycles. The number of nitrogens with one attached hydrogen (secondary N) is 1. The summed E-state index contributed by atoms with van der Waals surface area (Å²) in [6, 6.07) is 6.45. The van der Waals surface area contributed by atoms with Crippen molar-refractivity contribution >= 4 is 33.7 Å². The van der Waals surface area contributed by atoms with Gasteiger partial charge in [-0.2, -0.15) is 10.2 Å². The van der Waals surface area contributed by atoms with Crippen LogP contribution in [0.2, 0.25) is 5.02 Å². The van der Waals surface area contributed by atoms with Crippen molar-refractivity contribution in [3.8, 4) is 22.4 Å². The number of halogens is 3. The molecule has 11 heteroatoms. The van der Waals surface area contributed by atoms with Crippen LogP contribution in [0, 0.1) is 12.4 Å². The molecule has 3 heterocycles. The Bertz CT molecular complexity index is 1550. The van der Waals surface area contributed by atoms with E-state index in [-0.39, 0.29) is 41.5 Å². The van der Waals surface area contributed by atoms with E-state index in [9.17, 15) is 9.18 Å². The molecule has 5 rings (SSSR count). The zero-order chi connectivity index (χ0) is 24.1. The molecule has 0 radical (unpaired) electrons. The highest BCUT2D eigenvalue weighted by Gasteiger charge is 2.32. The lowest BCUT2D eigenvalue weighted by molar-refractivity contribution is 0.275. The van der Waals surface area contributed by atoms with Crippen LogP contribution in [0.1, 0.15) is 5.69 Å². The number of benzene rings is 2. The van der Waals surface area contributed by atoms with Crippen LogP contribution < -0.4 is 16.2 Å². The Morgan fingerprint density at radius 2 is 2.09 bits per heavy atom. The first-order chi connectivity index (χ1) is 16.3. The normalized spacial score (nSPS) is 13.8. The SMILES string of the molecule is [C-]#[N+]c1c(N2CC(F)C2)cc(Cl)c(F)c1-c1c(-c2ccc3c(=O)[nH]nc(CN)c3c2)cnn1C. The van der Waals surface area contributed by atoms with Gasteiger partial charge in [-0.3, -0.25) is 9.48 Å². The standard InChI is InChI=1S/C23H18ClF2N7O/c1-28-21-18(33-9-12(25)10-33)6-16(24)20(26)19(21)22-15(8-29-32(22)2)11-3-4-13-14(5-11)17(7-27)30-31-23(13)34/h3-6,8,12H,7,9-10,27H2,2H3,(H,31,34). The molecule has 34 heavy (non-hydrogen) atoms. The van der Waals surface area contributed by atoms with Crippen molar-refractivity contribution in [2.45, 2.75) is 12.7 Å². The molecule has 1 aliphatic heterocycles. The molecule has 2 aromatic carbocycles. The van der Waals surface area contributed by atoms with Gasteiger partial charge in [0.1, 0.15) is 12.0 Å². The Hall–Kier alpha value is -3.81. The van der Waals surface area contributed by atoms with E-state index in [2.05, 4.69) is 20.1 Å². The van der Waals surface area contributed by atoms with Gasteiger partial charge in [-0.05, 0) is 23.8 Å². The molecule has 1 fully saturated rings. The lowest BCUT2D eigenvalue weighted by Gasteiger charge is -2.37. The van der Waals surface area contributed by atoms with E-state index >= 15 is 4.39 Å². The van der Waals surface area contributed by atoms with Gasteiger partial charge < -0.3 is 10.6 Å². The van der Waals surface area contributed by atoms with Crippen LogP contribution in [0.15, 0.2) is 35.3 Å². The van der Waals surface area contributed by atoms with Crippen LogP contribution in [-0.4, -0.2) is 39.2 Å². The fraction of sp³-hybridized carbons (Fsp3) is 0.217. The van der Waals surface area contributed by atoms with E-state index in [4.69, 9.17) is 23.9 Å². The van der Waals surface area contributed by atoms with Gasteiger partial charge in [-0.1, -0.05) is 17.7 Å². The number of anilines is 1. The summed E-state index contributed by atoms with van der Waals surface area (Å²) in [5, 5.41) is 11.5. The monoisotopic (exact) mass is 481 g/mol. The lowest BCUT2D eigenvalue weighted by atomic mass is 9.96. The molecular weight excluding hydrogens is 464 g/mol. The molecule has 3 N–H and O–H groups in total. The summed E-state index contributed by atoms with van der Waals surface area (Å²) >= 11 is 6.22. The predicted molar refractivity (Wildman–Crippen MR) is 126 cm³/mol. The minimum Gasteiger partial charge on any atom is -0.374 e. The maximum absolute atomic E-state index is 15.5. The molecule has 0 bridgehead atoms. The number of alkyl halides is 1. The van der Waals surface area contributed by atoms with Crippen molar-refractivity contribution in [2.75, 3.05) is 18.0 Å². The van der Waals surface area contributed by atoms with E-state index in [1.807, 2.05) is 0 Å². The largest absolute Gasteiger partial charge is 0.374 e. The number of rotatable bonds is 4. The fourth-order valence-electron chi connectivity index (χ4n) is 4.28. The number of nitrogens with zero attached hydrogens (tertiary/aromatic N) is 5. The summed E-state index contributed by atoms with van der Waals surface area (Å²) in [6.45, 7) is 8.09.